The van der Waals surface area contributed by atoms with Crippen LogP contribution < -0.4 is 10.1 Å². The van der Waals surface area contributed by atoms with Gasteiger partial charge in [-0.1, -0.05) is 176 Å². The van der Waals surface area contributed by atoms with Crippen LogP contribution in [0.4, 0.5) is 0 Å². The number of hydrogen-bond acceptors (Lipinski definition) is 11. The molecule has 2 aliphatic rings. The van der Waals surface area contributed by atoms with Crippen molar-refractivity contribution in [2.45, 2.75) is 95.4 Å². The molecule has 7 aromatic carbocycles. The van der Waals surface area contributed by atoms with Crippen molar-refractivity contribution < 1.29 is 52.2 Å². The Balaban J connectivity index is 1.10. The third-order valence-corrected chi connectivity index (χ3v) is 13.5. The van der Waals surface area contributed by atoms with Crippen molar-refractivity contribution in [3.8, 4) is 16.9 Å². The highest BCUT2D eigenvalue weighted by Gasteiger charge is 2.52. The summed E-state index contributed by atoms with van der Waals surface area (Å²) in [5.41, 5.74) is 7.24. The lowest BCUT2D eigenvalue weighted by Gasteiger charge is -2.49. The lowest BCUT2D eigenvalue weighted by molar-refractivity contribution is -0.297. The zero-order valence-corrected chi connectivity index (χ0v) is 42.4. The fourth-order valence-electron chi connectivity index (χ4n) is 9.66. The van der Waals surface area contributed by atoms with Gasteiger partial charge in [0.1, 0.15) is 42.9 Å². The van der Waals surface area contributed by atoms with Gasteiger partial charge in [-0.3, -0.25) is 9.59 Å². The molecule has 2 heterocycles. The molecule has 0 aromatic heterocycles. The third-order valence-electron chi connectivity index (χ3n) is 13.5. The average Bonchev–Trinajstić information content (AvgIpc) is 3.46. The van der Waals surface area contributed by atoms with E-state index in [2.05, 4.69) is 5.32 Å². The Bertz CT molecular complexity index is 2810. The normalized spacial score (nSPS) is 22.5. The maximum absolute atomic E-state index is 12.6. The maximum atomic E-state index is 12.6. The van der Waals surface area contributed by atoms with Crippen LogP contribution in [0.5, 0.6) is 5.75 Å². The summed E-state index contributed by atoms with van der Waals surface area (Å²) in [6, 6.07) is 65.2. The molecular weight excluding hydrogens is 947 g/mol. The molecular formula is C63H65NO11. The standard InChI is InChI=1S/C63H65NO11/c1-44(65)67-43-57-58(70-38-46-21-10-4-11-22-46)54(59(71-39-47-23-12-5-13-24-47)63(75-57)74-53-33-31-50(32-34-53)51-29-18-30-52(35-51)62(66)64-2)36-55-60(72-40-48-25-14-6-15-26-48)61(73-41-49-27-16-7-17-28-49)56(42-69-55)68-37-45-19-8-3-9-20-45/h3-35,54-61,63H,36-43H2,1-2H3,(H,64,66)/t54-,55+,56+,57+,58-,59-,60+,61+,63-/m0/s1. The van der Waals surface area contributed by atoms with E-state index in [1.807, 2.05) is 194 Å². The monoisotopic (exact) mass is 1010 g/mol. The van der Waals surface area contributed by atoms with E-state index in [1.54, 1.807) is 13.1 Å². The van der Waals surface area contributed by atoms with Gasteiger partial charge in [-0.2, -0.15) is 0 Å². The van der Waals surface area contributed by atoms with Crippen LogP contribution in [0.3, 0.4) is 0 Å². The van der Waals surface area contributed by atoms with Gasteiger partial charge in [-0.25, -0.2) is 0 Å². The van der Waals surface area contributed by atoms with Gasteiger partial charge >= 0.3 is 5.97 Å². The highest BCUT2D eigenvalue weighted by atomic mass is 16.7. The first-order chi connectivity index (χ1) is 36.9. The van der Waals surface area contributed by atoms with Gasteiger partial charge in [0, 0.05) is 25.5 Å². The number of carbonyl (C=O) groups excluding carboxylic acids is 2. The molecule has 7 aromatic rings. The molecule has 0 bridgehead atoms. The summed E-state index contributed by atoms with van der Waals surface area (Å²) in [7, 11) is 1.61. The SMILES string of the molecule is CNC(=O)c1cccc(-c2ccc(O[C@H]3O[C@H](COC(C)=O)[C@@H](OCc4ccccc4)[C@H](C[C@H]4OC[C@@H](OCc5ccccc5)[C@@H](OCc5ccccc5)[C@@H]4OCc4ccccc4)[C@@H]3OCc3ccccc3)cc2)c1. The molecule has 0 radical (unpaired) electrons. The minimum absolute atomic E-state index is 0.116. The predicted octanol–water partition coefficient (Wildman–Crippen LogP) is 10.7. The van der Waals surface area contributed by atoms with E-state index in [1.165, 1.54) is 6.92 Å². The number of benzene rings is 7. The molecule has 0 spiro atoms. The number of esters is 1. The number of rotatable bonds is 23. The fourth-order valence-corrected chi connectivity index (χ4v) is 9.66. The largest absolute Gasteiger partial charge is 0.463 e. The Kier molecular flexibility index (Phi) is 19.0. The first-order valence-electron chi connectivity index (χ1n) is 25.6. The van der Waals surface area contributed by atoms with E-state index in [4.69, 9.17) is 42.6 Å². The van der Waals surface area contributed by atoms with Crippen LogP contribution in [0.25, 0.3) is 11.1 Å². The van der Waals surface area contributed by atoms with Crippen LogP contribution in [-0.2, 0) is 75.7 Å². The topological polar surface area (TPSA) is 129 Å². The third kappa shape index (κ3) is 14.9. The molecule has 2 aliphatic heterocycles. The molecule has 2 fully saturated rings. The van der Waals surface area contributed by atoms with Crippen molar-refractivity contribution in [2.24, 2.45) is 5.92 Å². The lowest BCUT2D eigenvalue weighted by atomic mass is 9.81. The van der Waals surface area contributed by atoms with E-state index in [-0.39, 0.29) is 38.9 Å². The molecule has 12 nitrogen and oxygen atoms in total. The smallest absolute Gasteiger partial charge is 0.302 e. The fraction of sp³-hybridized carbons (Fsp3) is 0.302. The van der Waals surface area contributed by atoms with Gasteiger partial charge in [-0.15, -0.1) is 0 Å². The Morgan fingerprint density at radius 1 is 0.507 bits per heavy atom. The molecule has 388 valence electrons. The summed E-state index contributed by atoms with van der Waals surface area (Å²) in [6.07, 6.45) is -5.34. The number of hydrogen-bond donors (Lipinski definition) is 1. The molecule has 2 saturated heterocycles. The Hall–Kier alpha value is -7.00. The maximum Gasteiger partial charge on any atom is 0.302 e. The second kappa shape index (κ2) is 27.0. The van der Waals surface area contributed by atoms with Gasteiger partial charge in [0.2, 0.25) is 6.29 Å². The predicted molar refractivity (Wildman–Crippen MR) is 284 cm³/mol. The summed E-state index contributed by atoms with van der Waals surface area (Å²) in [5, 5.41) is 2.70. The molecule has 12 heteroatoms. The van der Waals surface area contributed by atoms with Crippen LogP contribution in [0.1, 0.15) is 51.5 Å². The molecule has 0 unspecified atom stereocenters. The van der Waals surface area contributed by atoms with Crippen molar-refractivity contribution in [3.05, 3.63) is 234 Å². The molecule has 0 aliphatic carbocycles. The zero-order valence-electron chi connectivity index (χ0n) is 42.4. The molecule has 0 saturated carbocycles. The summed E-state index contributed by atoms with van der Waals surface area (Å²) in [6.45, 7) is 2.88. The average molecular weight is 1010 g/mol. The van der Waals surface area contributed by atoms with Gasteiger partial charge in [0.25, 0.3) is 5.91 Å². The Morgan fingerprint density at radius 2 is 0.987 bits per heavy atom. The molecule has 9 rings (SSSR count). The van der Waals surface area contributed by atoms with Gasteiger partial charge in [0.05, 0.1) is 51.8 Å². The summed E-state index contributed by atoms with van der Waals surface area (Å²) in [5.74, 6) is -0.638. The van der Waals surface area contributed by atoms with Crippen LogP contribution in [0, 0.1) is 5.92 Å². The molecule has 9 atom stereocenters. The first kappa shape index (κ1) is 52.8. The molecule has 75 heavy (non-hydrogen) atoms. The summed E-state index contributed by atoms with van der Waals surface area (Å²) in [4.78, 5) is 25.2. The van der Waals surface area contributed by atoms with Crippen molar-refractivity contribution in [3.63, 3.8) is 0 Å². The van der Waals surface area contributed by atoms with Crippen molar-refractivity contribution in [1.29, 1.82) is 0 Å². The van der Waals surface area contributed by atoms with Gasteiger partial charge in [0.15, 0.2) is 0 Å². The minimum atomic E-state index is -1.03. The van der Waals surface area contributed by atoms with E-state index < -0.39 is 60.9 Å². The van der Waals surface area contributed by atoms with Crippen molar-refractivity contribution in [2.75, 3.05) is 20.3 Å². The van der Waals surface area contributed by atoms with E-state index in [0.717, 1.165) is 38.9 Å². The zero-order chi connectivity index (χ0) is 51.6. The van der Waals surface area contributed by atoms with Crippen molar-refractivity contribution >= 4 is 11.9 Å². The van der Waals surface area contributed by atoms with Gasteiger partial charge < -0.3 is 47.9 Å². The Morgan fingerprint density at radius 3 is 1.49 bits per heavy atom. The highest BCUT2D eigenvalue weighted by Crippen LogP contribution is 2.40. The number of ether oxygens (including phenoxy) is 9. The Labute approximate surface area is 439 Å². The number of carbonyl (C=O) groups is 2. The second-order valence-corrected chi connectivity index (χ2v) is 18.8. The lowest BCUT2D eigenvalue weighted by Crippen LogP contribution is -2.62. The van der Waals surface area contributed by atoms with Crippen LogP contribution >= 0.6 is 0 Å². The van der Waals surface area contributed by atoms with Crippen LogP contribution in [0.2, 0.25) is 0 Å². The van der Waals surface area contributed by atoms with Crippen molar-refractivity contribution in [1.82, 2.24) is 5.32 Å². The molecule has 1 N–H and O–H groups in total. The highest BCUT2D eigenvalue weighted by molar-refractivity contribution is 5.95. The molecule has 1 amide bonds. The van der Waals surface area contributed by atoms with Crippen LogP contribution in [0.15, 0.2) is 200 Å². The van der Waals surface area contributed by atoms with Gasteiger partial charge in [-0.05, 0) is 69.6 Å². The van der Waals surface area contributed by atoms with E-state index in [0.29, 0.717) is 30.9 Å². The van der Waals surface area contributed by atoms with E-state index >= 15 is 0 Å². The minimum Gasteiger partial charge on any atom is -0.463 e. The second-order valence-electron chi connectivity index (χ2n) is 18.8. The number of nitrogens with one attached hydrogen (secondary N) is 1. The van der Waals surface area contributed by atoms with Crippen LogP contribution in [-0.4, -0.2) is 81.2 Å². The summed E-state index contributed by atoms with van der Waals surface area (Å²) >= 11 is 0. The summed E-state index contributed by atoms with van der Waals surface area (Å²) < 4.78 is 61.6. The quantitative estimate of drug-likeness (QED) is 0.0615. The first-order valence-corrected chi connectivity index (χ1v) is 25.6. The van der Waals surface area contributed by atoms with E-state index in [9.17, 15) is 9.59 Å². The number of amides is 1.